The molecular weight excluding hydrogens is 432 g/mol. The van der Waals surface area contributed by atoms with E-state index in [1.807, 2.05) is 60.7 Å². The predicted octanol–water partition coefficient (Wildman–Crippen LogP) is 6.18. The van der Waals surface area contributed by atoms with E-state index < -0.39 is 0 Å². The molecule has 3 aromatic carbocycles. The summed E-state index contributed by atoms with van der Waals surface area (Å²) in [5, 5.41) is 3.04. The smallest absolute Gasteiger partial charge is 0.255 e. The summed E-state index contributed by atoms with van der Waals surface area (Å²) in [7, 11) is 0. The minimum absolute atomic E-state index is 0.0374. The molecule has 6 rings (SSSR count). The number of benzene rings is 3. The van der Waals surface area contributed by atoms with Gasteiger partial charge in [0.05, 0.1) is 6.04 Å². The molecule has 1 saturated carbocycles. The van der Waals surface area contributed by atoms with E-state index >= 15 is 0 Å². The summed E-state index contributed by atoms with van der Waals surface area (Å²) in [5.74, 6) is 1.10. The topological polar surface area (TPSA) is 49.4 Å². The predicted molar refractivity (Wildman–Crippen MR) is 140 cm³/mol. The lowest BCUT2D eigenvalue weighted by Crippen LogP contribution is -2.61. The highest BCUT2D eigenvalue weighted by Gasteiger charge is 2.53. The quantitative estimate of drug-likeness (QED) is 0.490. The van der Waals surface area contributed by atoms with Crippen LogP contribution in [0.4, 0.5) is 5.69 Å². The van der Waals surface area contributed by atoms with Gasteiger partial charge in [0, 0.05) is 23.4 Å². The van der Waals surface area contributed by atoms with E-state index in [-0.39, 0.29) is 29.1 Å². The van der Waals surface area contributed by atoms with Crippen molar-refractivity contribution in [3.63, 3.8) is 0 Å². The second-order valence-corrected chi connectivity index (χ2v) is 10.9. The van der Waals surface area contributed by atoms with Crippen molar-refractivity contribution in [2.24, 2.45) is 11.8 Å². The first-order chi connectivity index (χ1) is 16.9. The van der Waals surface area contributed by atoms with Gasteiger partial charge in [-0.1, -0.05) is 62.4 Å². The molecule has 2 aliphatic carbocycles. The molecule has 3 aromatic rings. The molecular formula is C31H32N2O2. The van der Waals surface area contributed by atoms with Crippen LogP contribution in [-0.2, 0) is 5.41 Å². The summed E-state index contributed by atoms with van der Waals surface area (Å²) in [6, 6.07) is 23.7. The van der Waals surface area contributed by atoms with E-state index in [0.29, 0.717) is 5.56 Å². The SMILES string of the molecule is C[C@H]1[C@@H]2C(=O)c3ccc(C(=O)Nc4ccc(-c5ccccc5)cc4)cc3[C@@]1(C)CCN2CC1CC1. The summed E-state index contributed by atoms with van der Waals surface area (Å²) in [4.78, 5) is 29.2. The molecule has 35 heavy (non-hydrogen) atoms. The molecule has 3 aliphatic rings. The molecule has 1 saturated heterocycles. The standard InChI is InChI=1S/C31H32N2O2/c1-20-28-29(34)26-15-12-24(18-27(26)31(20,2)16-17-33(28)19-21-8-9-21)30(35)32-25-13-10-23(11-14-25)22-6-4-3-5-7-22/h3-7,10-15,18,20-21,28H,8-9,16-17,19H2,1-2H3,(H,32,35)/t20-,28+,31-/m0/s1. The number of nitrogens with one attached hydrogen (secondary N) is 1. The van der Waals surface area contributed by atoms with E-state index in [1.165, 1.54) is 12.8 Å². The molecule has 1 N–H and O–H groups in total. The monoisotopic (exact) mass is 464 g/mol. The first-order valence-electron chi connectivity index (χ1n) is 12.8. The Kier molecular flexibility index (Phi) is 5.37. The fraction of sp³-hybridized carbons (Fsp3) is 0.355. The molecule has 1 amide bonds. The Hall–Kier alpha value is -3.24. The molecule has 3 atom stereocenters. The van der Waals surface area contributed by atoms with E-state index in [2.05, 4.69) is 36.2 Å². The van der Waals surface area contributed by atoms with Crippen LogP contribution in [0.3, 0.4) is 0 Å². The highest BCUT2D eigenvalue weighted by molar-refractivity contribution is 6.07. The number of rotatable bonds is 5. The number of anilines is 1. The van der Waals surface area contributed by atoms with Crippen LogP contribution in [0.15, 0.2) is 72.8 Å². The van der Waals surface area contributed by atoms with Crippen LogP contribution in [0.5, 0.6) is 0 Å². The number of amides is 1. The fourth-order valence-corrected chi connectivity index (χ4v) is 6.13. The molecule has 178 valence electrons. The number of Topliss-reactive ketones (excluding diaryl/α,β-unsaturated/α-hetero) is 1. The molecule has 0 radical (unpaired) electrons. The van der Waals surface area contributed by atoms with Crippen molar-refractivity contribution in [1.82, 2.24) is 4.90 Å². The largest absolute Gasteiger partial charge is 0.322 e. The maximum absolute atomic E-state index is 13.6. The van der Waals surface area contributed by atoms with Gasteiger partial charge >= 0.3 is 0 Å². The van der Waals surface area contributed by atoms with Gasteiger partial charge in [0.1, 0.15) is 0 Å². The van der Waals surface area contributed by atoms with Crippen molar-refractivity contribution in [3.05, 3.63) is 89.5 Å². The van der Waals surface area contributed by atoms with Gasteiger partial charge in [-0.05, 0) is 84.0 Å². The average molecular weight is 465 g/mol. The van der Waals surface area contributed by atoms with Gasteiger partial charge in [-0.15, -0.1) is 0 Å². The van der Waals surface area contributed by atoms with Gasteiger partial charge in [-0.2, -0.15) is 0 Å². The van der Waals surface area contributed by atoms with Crippen molar-refractivity contribution in [2.75, 3.05) is 18.4 Å². The number of carbonyl (C=O) groups is 2. The molecule has 1 heterocycles. The summed E-state index contributed by atoms with van der Waals surface area (Å²) in [5.41, 5.74) is 5.38. The minimum Gasteiger partial charge on any atom is -0.322 e. The Morgan fingerprint density at radius 2 is 1.71 bits per heavy atom. The highest BCUT2D eigenvalue weighted by atomic mass is 16.1. The van der Waals surface area contributed by atoms with Crippen molar-refractivity contribution < 1.29 is 9.59 Å². The van der Waals surface area contributed by atoms with Crippen LogP contribution in [0.1, 0.15) is 59.4 Å². The number of nitrogens with zero attached hydrogens (tertiary/aromatic N) is 1. The lowest BCUT2D eigenvalue weighted by atomic mass is 9.58. The molecule has 2 fully saturated rings. The maximum Gasteiger partial charge on any atom is 0.255 e. The van der Waals surface area contributed by atoms with Gasteiger partial charge in [-0.3, -0.25) is 14.5 Å². The fourth-order valence-electron chi connectivity index (χ4n) is 6.13. The van der Waals surface area contributed by atoms with E-state index in [4.69, 9.17) is 0 Å². The van der Waals surface area contributed by atoms with Crippen molar-refractivity contribution in [3.8, 4) is 11.1 Å². The van der Waals surface area contributed by atoms with Crippen LogP contribution < -0.4 is 5.32 Å². The molecule has 0 spiro atoms. The Bertz CT molecular complexity index is 1280. The molecule has 0 aromatic heterocycles. The zero-order valence-corrected chi connectivity index (χ0v) is 20.5. The first kappa shape index (κ1) is 22.2. The summed E-state index contributed by atoms with van der Waals surface area (Å²) in [6.07, 6.45) is 3.61. The number of fused-ring (bicyclic) bond motifs is 4. The van der Waals surface area contributed by atoms with Gasteiger partial charge in [-0.25, -0.2) is 0 Å². The van der Waals surface area contributed by atoms with E-state index in [1.54, 1.807) is 0 Å². The number of ketones is 1. The zero-order valence-electron chi connectivity index (χ0n) is 20.5. The van der Waals surface area contributed by atoms with E-state index in [9.17, 15) is 9.59 Å². The highest BCUT2D eigenvalue weighted by Crippen LogP contribution is 2.49. The normalized spacial score (nSPS) is 25.7. The number of hydrogen-bond acceptors (Lipinski definition) is 3. The third-order valence-electron chi connectivity index (χ3n) is 8.66. The molecule has 4 nitrogen and oxygen atoms in total. The summed E-state index contributed by atoms with van der Waals surface area (Å²) < 4.78 is 0. The Morgan fingerprint density at radius 3 is 2.43 bits per heavy atom. The van der Waals surface area contributed by atoms with Gasteiger partial charge in [0.25, 0.3) is 5.91 Å². The molecule has 4 heteroatoms. The number of piperidine rings is 1. The first-order valence-corrected chi connectivity index (χ1v) is 12.8. The summed E-state index contributed by atoms with van der Waals surface area (Å²) >= 11 is 0. The Labute approximate surface area is 207 Å². The van der Waals surface area contributed by atoms with Crippen molar-refractivity contribution in [2.45, 2.75) is 44.6 Å². The van der Waals surface area contributed by atoms with Gasteiger partial charge < -0.3 is 5.32 Å². The second kappa shape index (κ2) is 8.46. The molecule has 1 aliphatic heterocycles. The van der Waals surface area contributed by atoms with Crippen LogP contribution in [0.25, 0.3) is 11.1 Å². The van der Waals surface area contributed by atoms with Crippen LogP contribution in [0, 0.1) is 11.8 Å². The summed E-state index contributed by atoms with van der Waals surface area (Å²) in [6.45, 7) is 6.52. The van der Waals surface area contributed by atoms with Gasteiger partial charge in [0.2, 0.25) is 0 Å². The van der Waals surface area contributed by atoms with Crippen molar-refractivity contribution in [1.29, 1.82) is 0 Å². The molecule has 0 unspecified atom stereocenters. The van der Waals surface area contributed by atoms with Gasteiger partial charge in [0.15, 0.2) is 5.78 Å². The maximum atomic E-state index is 13.6. The third-order valence-corrected chi connectivity index (χ3v) is 8.66. The number of likely N-dealkylation sites (tertiary alicyclic amines) is 1. The third kappa shape index (κ3) is 3.90. The minimum atomic E-state index is -0.141. The Balaban J connectivity index is 1.24. The second-order valence-electron chi connectivity index (χ2n) is 10.9. The number of carbonyl (C=O) groups excluding carboxylic acids is 2. The Morgan fingerprint density at radius 1 is 1.00 bits per heavy atom. The van der Waals surface area contributed by atoms with Crippen molar-refractivity contribution >= 4 is 17.4 Å². The number of hydrogen-bond donors (Lipinski definition) is 1. The van der Waals surface area contributed by atoms with Crippen LogP contribution >= 0.6 is 0 Å². The molecule has 2 bridgehead atoms. The van der Waals surface area contributed by atoms with Crippen LogP contribution in [0.2, 0.25) is 0 Å². The average Bonchev–Trinajstić information content (AvgIpc) is 3.70. The van der Waals surface area contributed by atoms with Crippen LogP contribution in [-0.4, -0.2) is 35.7 Å². The lowest BCUT2D eigenvalue weighted by molar-refractivity contribution is 0.0266. The zero-order chi connectivity index (χ0) is 24.2. The lowest BCUT2D eigenvalue weighted by Gasteiger charge is -2.53. The van der Waals surface area contributed by atoms with E-state index in [0.717, 1.165) is 53.4 Å².